The number of hydrogen-bond donors (Lipinski definition) is 0. The number of amides is 1. The van der Waals surface area contributed by atoms with E-state index >= 15 is 0 Å². The van der Waals surface area contributed by atoms with Gasteiger partial charge in [-0.1, -0.05) is 60.4 Å². The highest BCUT2D eigenvalue weighted by molar-refractivity contribution is 14.1. The van der Waals surface area contributed by atoms with E-state index in [1.807, 2.05) is 79.1 Å². The third-order valence-corrected chi connectivity index (χ3v) is 7.71. The second-order valence-electron chi connectivity index (χ2n) is 7.03. The number of thiocarbonyl (C=S) groups is 1. The van der Waals surface area contributed by atoms with Gasteiger partial charge in [0.25, 0.3) is 5.91 Å². The van der Waals surface area contributed by atoms with Gasteiger partial charge in [-0.2, -0.15) is 0 Å². The van der Waals surface area contributed by atoms with Crippen molar-refractivity contribution in [1.29, 1.82) is 0 Å². The fraction of sp³-hybridized carbons (Fsp3) is 0.120. The molecule has 1 heterocycles. The molecule has 0 unspecified atom stereocenters. The number of benzene rings is 3. The van der Waals surface area contributed by atoms with Crippen molar-refractivity contribution in [1.82, 2.24) is 0 Å². The molecule has 1 fully saturated rings. The Bertz CT molecular complexity index is 1230. The first-order valence-corrected chi connectivity index (χ1v) is 13.5. The Morgan fingerprint density at radius 2 is 1.91 bits per heavy atom. The maximum absolute atomic E-state index is 13.2. The highest BCUT2D eigenvalue weighted by atomic mass is 127. The molecule has 0 atom stereocenters. The molecule has 33 heavy (non-hydrogen) atoms. The van der Waals surface area contributed by atoms with Crippen molar-refractivity contribution >= 4 is 80.3 Å². The SMILES string of the molecule is COc1cc(/C=C2/SC(=S)N(c3cccc(SC)c3)C2=O)cc(I)c1OCc1ccccc1. The van der Waals surface area contributed by atoms with Crippen LogP contribution in [0.1, 0.15) is 11.1 Å². The van der Waals surface area contributed by atoms with Crippen LogP contribution in [-0.4, -0.2) is 23.6 Å². The third kappa shape index (κ3) is 5.56. The summed E-state index contributed by atoms with van der Waals surface area (Å²) in [7, 11) is 1.61. The second-order valence-corrected chi connectivity index (χ2v) is 10.7. The summed E-state index contributed by atoms with van der Waals surface area (Å²) in [4.78, 5) is 16.4. The number of ether oxygens (including phenoxy) is 2. The summed E-state index contributed by atoms with van der Waals surface area (Å²) in [6.07, 6.45) is 3.86. The van der Waals surface area contributed by atoms with E-state index in [4.69, 9.17) is 21.7 Å². The van der Waals surface area contributed by atoms with E-state index in [-0.39, 0.29) is 5.91 Å². The van der Waals surface area contributed by atoms with Gasteiger partial charge in [-0.25, -0.2) is 0 Å². The predicted molar refractivity (Wildman–Crippen MR) is 150 cm³/mol. The van der Waals surface area contributed by atoms with Crippen LogP contribution in [0.3, 0.4) is 0 Å². The van der Waals surface area contributed by atoms with E-state index < -0.39 is 0 Å². The molecule has 0 radical (unpaired) electrons. The van der Waals surface area contributed by atoms with Gasteiger partial charge >= 0.3 is 0 Å². The number of anilines is 1. The number of rotatable bonds is 7. The van der Waals surface area contributed by atoms with E-state index in [1.54, 1.807) is 23.8 Å². The molecule has 0 aliphatic carbocycles. The lowest BCUT2D eigenvalue weighted by molar-refractivity contribution is -0.113. The summed E-state index contributed by atoms with van der Waals surface area (Å²) in [6, 6.07) is 21.7. The van der Waals surface area contributed by atoms with Crippen molar-refractivity contribution in [2.45, 2.75) is 11.5 Å². The predicted octanol–water partition coefficient (Wildman–Crippen LogP) is 7.01. The Morgan fingerprint density at radius 3 is 2.64 bits per heavy atom. The maximum Gasteiger partial charge on any atom is 0.270 e. The fourth-order valence-electron chi connectivity index (χ4n) is 3.28. The number of hydrogen-bond acceptors (Lipinski definition) is 6. The van der Waals surface area contributed by atoms with Crippen LogP contribution in [0.4, 0.5) is 5.69 Å². The number of methoxy groups -OCH3 is 1. The van der Waals surface area contributed by atoms with Crippen molar-refractivity contribution in [3.05, 3.63) is 86.3 Å². The molecule has 0 bridgehead atoms. The van der Waals surface area contributed by atoms with Crippen LogP contribution < -0.4 is 14.4 Å². The summed E-state index contributed by atoms with van der Waals surface area (Å²) < 4.78 is 13.1. The van der Waals surface area contributed by atoms with Crippen molar-refractivity contribution in [3.63, 3.8) is 0 Å². The zero-order valence-corrected chi connectivity index (χ0v) is 22.5. The molecule has 1 amide bonds. The molecule has 1 aliphatic rings. The van der Waals surface area contributed by atoms with Crippen molar-refractivity contribution in [3.8, 4) is 11.5 Å². The van der Waals surface area contributed by atoms with Gasteiger partial charge in [0.05, 0.1) is 21.3 Å². The molecule has 4 rings (SSSR count). The van der Waals surface area contributed by atoms with E-state index in [1.165, 1.54) is 11.8 Å². The Balaban J connectivity index is 1.59. The fourth-order valence-corrected chi connectivity index (χ4v) is 5.82. The Labute approximate surface area is 220 Å². The van der Waals surface area contributed by atoms with Crippen LogP contribution in [0.15, 0.2) is 76.5 Å². The van der Waals surface area contributed by atoms with Crippen LogP contribution in [0.5, 0.6) is 11.5 Å². The average Bonchev–Trinajstić information content (AvgIpc) is 3.11. The molecule has 168 valence electrons. The Morgan fingerprint density at radius 1 is 1.12 bits per heavy atom. The minimum atomic E-state index is -0.123. The van der Waals surface area contributed by atoms with Gasteiger partial charge in [0, 0.05) is 4.90 Å². The molecule has 8 heteroatoms. The first-order valence-electron chi connectivity index (χ1n) is 9.96. The van der Waals surface area contributed by atoms with Crippen LogP contribution in [0.2, 0.25) is 0 Å². The highest BCUT2D eigenvalue weighted by Crippen LogP contribution is 2.39. The molecular weight excluding hydrogens is 585 g/mol. The zero-order valence-electron chi connectivity index (χ0n) is 17.9. The number of halogens is 1. The van der Waals surface area contributed by atoms with Gasteiger partial charge in [-0.05, 0) is 76.4 Å². The molecule has 1 saturated heterocycles. The molecule has 0 spiro atoms. The van der Waals surface area contributed by atoms with Gasteiger partial charge in [0.15, 0.2) is 15.8 Å². The molecule has 3 aromatic rings. The lowest BCUT2D eigenvalue weighted by atomic mass is 10.1. The molecule has 3 aromatic carbocycles. The minimum Gasteiger partial charge on any atom is -0.493 e. The molecular formula is C25H20INO3S3. The van der Waals surface area contributed by atoms with Crippen molar-refractivity contribution < 1.29 is 14.3 Å². The number of carbonyl (C=O) groups excluding carboxylic acids is 1. The summed E-state index contributed by atoms with van der Waals surface area (Å²) in [5, 5.41) is 0. The van der Waals surface area contributed by atoms with Gasteiger partial charge < -0.3 is 9.47 Å². The first kappa shape index (κ1) is 24.1. The van der Waals surface area contributed by atoms with Crippen LogP contribution in [0.25, 0.3) is 6.08 Å². The molecule has 4 nitrogen and oxygen atoms in total. The van der Waals surface area contributed by atoms with Crippen LogP contribution >= 0.6 is 58.3 Å². The van der Waals surface area contributed by atoms with Gasteiger partial charge in [0.2, 0.25) is 0 Å². The summed E-state index contributed by atoms with van der Waals surface area (Å²) in [5.41, 5.74) is 2.71. The van der Waals surface area contributed by atoms with E-state index in [2.05, 4.69) is 22.6 Å². The summed E-state index contributed by atoms with van der Waals surface area (Å²) in [6.45, 7) is 0.445. The molecule has 0 saturated carbocycles. The maximum atomic E-state index is 13.2. The van der Waals surface area contributed by atoms with Gasteiger partial charge in [0.1, 0.15) is 6.61 Å². The molecule has 1 aliphatic heterocycles. The quantitative estimate of drug-likeness (QED) is 0.125. The number of thioether (sulfide) groups is 2. The second kappa shape index (κ2) is 10.9. The first-order chi connectivity index (χ1) is 16.0. The number of nitrogens with zero attached hydrogens (tertiary/aromatic N) is 1. The standard InChI is InChI=1S/C25H20INO3S3/c1-29-21-12-17(11-20(26)23(21)30-15-16-7-4-3-5-8-16)13-22-24(28)27(25(31)33-22)18-9-6-10-19(14-18)32-2/h3-14H,15H2,1-2H3/b22-13+. The average molecular weight is 606 g/mol. The molecule has 0 aromatic heterocycles. The van der Waals surface area contributed by atoms with Crippen LogP contribution in [-0.2, 0) is 11.4 Å². The third-order valence-electron chi connectivity index (χ3n) is 4.88. The highest BCUT2D eigenvalue weighted by Gasteiger charge is 2.33. The Hall–Kier alpha value is -2.01. The zero-order chi connectivity index (χ0) is 23.4. The summed E-state index contributed by atoms with van der Waals surface area (Å²) >= 11 is 10.7. The van der Waals surface area contributed by atoms with E-state index in [9.17, 15) is 4.79 Å². The normalized spacial score (nSPS) is 14.8. The largest absolute Gasteiger partial charge is 0.493 e. The van der Waals surface area contributed by atoms with Gasteiger partial charge in [-0.15, -0.1) is 11.8 Å². The summed E-state index contributed by atoms with van der Waals surface area (Å²) in [5.74, 6) is 1.18. The van der Waals surface area contributed by atoms with Crippen LogP contribution in [0, 0.1) is 3.57 Å². The van der Waals surface area contributed by atoms with Crippen molar-refractivity contribution in [2.24, 2.45) is 0 Å². The lowest BCUT2D eigenvalue weighted by Gasteiger charge is -2.15. The van der Waals surface area contributed by atoms with Crippen molar-refractivity contribution in [2.75, 3.05) is 18.3 Å². The van der Waals surface area contributed by atoms with Gasteiger partial charge in [-0.3, -0.25) is 9.69 Å². The van der Waals surface area contributed by atoms with E-state index in [0.29, 0.717) is 27.3 Å². The Kier molecular flexibility index (Phi) is 8.00. The monoisotopic (exact) mass is 605 g/mol. The lowest BCUT2D eigenvalue weighted by Crippen LogP contribution is -2.27. The smallest absolute Gasteiger partial charge is 0.270 e. The molecule has 0 N–H and O–H groups in total. The minimum absolute atomic E-state index is 0.123. The number of carbonyl (C=O) groups is 1. The topological polar surface area (TPSA) is 38.8 Å². The van der Waals surface area contributed by atoms with E-state index in [0.717, 1.165) is 25.3 Å².